The third-order valence-corrected chi connectivity index (χ3v) is 10.3. The Hall–Kier alpha value is -6.90. The second-order valence-corrected chi connectivity index (χ2v) is 13.3. The van der Waals surface area contributed by atoms with Crippen molar-refractivity contribution in [1.29, 1.82) is 0 Å². The van der Waals surface area contributed by atoms with Gasteiger partial charge in [-0.2, -0.15) is 0 Å². The van der Waals surface area contributed by atoms with E-state index >= 15 is 0 Å². The quantitative estimate of drug-likeness (QED) is 0.176. The average molecular weight is 664 g/mol. The lowest BCUT2D eigenvalue weighted by molar-refractivity contribution is 0.673. The molecule has 0 aliphatic rings. The normalized spacial score (nSPS) is 11.5. The Morgan fingerprint density at radius 2 is 0.865 bits per heavy atom. The fourth-order valence-electron chi connectivity index (χ4n) is 7.70. The van der Waals surface area contributed by atoms with Gasteiger partial charge < -0.3 is 9.32 Å². The molecule has 2 nitrogen and oxygen atoms in total. The summed E-state index contributed by atoms with van der Waals surface area (Å²) in [4.78, 5) is 2.36. The van der Waals surface area contributed by atoms with Crippen LogP contribution in [0.5, 0.6) is 0 Å². The van der Waals surface area contributed by atoms with E-state index in [1.54, 1.807) is 0 Å². The molecule has 1 aromatic heterocycles. The Morgan fingerprint density at radius 1 is 0.327 bits per heavy atom. The molecule has 9 aromatic carbocycles. The molecule has 0 saturated heterocycles. The molecule has 0 bridgehead atoms. The molecule has 0 spiro atoms. The van der Waals surface area contributed by atoms with E-state index in [1.807, 2.05) is 0 Å². The van der Waals surface area contributed by atoms with Crippen molar-refractivity contribution in [2.45, 2.75) is 0 Å². The molecule has 0 aliphatic carbocycles. The number of anilines is 3. The van der Waals surface area contributed by atoms with Crippen LogP contribution in [0, 0.1) is 0 Å². The van der Waals surface area contributed by atoms with Gasteiger partial charge in [-0.05, 0) is 92.7 Å². The van der Waals surface area contributed by atoms with Gasteiger partial charge in [-0.1, -0.05) is 152 Å². The number of fused-ring (bicyclic) bond motifs is 6. The van der Waals surface area contributed by atoms with Gasteiger partial charge in [-0.3, -0.25) is 0 Å². The Labute approximate surface area is 302 Å². The van der Waals surface area contributed by atoms with Gasteiger partial charge in [-0.15, -0.1) is 0 Å². The highest BCUT2D eigenvalue weighted by Gasteiger charge is 2.18. The summed E-state index contributed by atoms with van der Waals surface area (Å²) in [6.07, 6.45) is 0. The fourth-order valence-corrected chi connectivity index (χ4v) is 7.70. The van der Waals surface area contributed by atoms with Gasteiger partial charge in [0.15, 0.2) is 0 Å². The molecule has 0 saturated carbocycles. The maximum Gasteiger partial charge on any atom is 0.143 e. The predicted molar refractivity (Wildman–Crippen MR) is 220 cm³/mol. The van der Waals surface area contributed by atoms with Crippen LogP contribution in [-0.4, -0.2) is 0 Å². The zero-order valence-electron chi connectivity index (χ0n) is 28.4. The summed E-state index contributed by atoms with van der Waals surface area (Å²) >= 11 is 0. The summed E-state index contributed by atoms with van der Waals surface area (Å²) in [5, 5.41) is 7.01. The second kappa shape index (κ2) is 12.5. The largest absolute Gasteiger partial charge is 0.455 e. The Morgan fingerprint density at radius 3 is 1.58 bits per heavy atom. The third-order valence-electron chi connectivity index (χ3n) is 10.3. The maximum absolute atomic E-state index is 6.67. The lowest BCUT2D eigenvalue weighted by atomic mass is 9.95. The minimum Gasteiger partial charge on any atom is -0.455 e. The van der Waals surface area contributed by atoms with E-state index in [4.69, 9.17) is 4.42 Å². The van der Waals surface area contributed by atoms with Gasteiger partial charge in [0.1, 0.15) is 11.2 Å². The Balaban J connectivity index is 1.06. The van der Waals surface area contributed by atoms with Gasteiger partial charge in [0.2, 0.25) is 0 Å². The lowest BCUT2D eigenvalue weighted by Gasteiger charge is -2.27. The van der Waals surface area contributed by atoms with Crippen LogP contribution >= 0.6 is 0 Å². The van der Waals surface area contributed by atoms with E-state index in [1.165, 1.54) is 38.4 Å². The number of rotatable bonds is 6. The summed E-state index contributed by atoms with van der Waals surface area (Å²) in [5.74, 6) is 0. The molecule has 0 amide bonds. The van der Waals surface area contributed by atoms with Crippen molar-refractivity contribution in [3.8, 4) is 33.4 Å². The Kier molecular flexibility index (Phi) is 7.18. The van der Waals surface area contributed by atoms with Crippen LogP contribution in [0.2, 0.25) is 0 Å². The van der Waals surface area contributed by atoms with Crippen molar-refractivity contribution < 1.29 is 4.42 Å². The molecule has 10 rings (SSSR count). The molecular weight excluding hydrogens is 631 g/mol. The average Bonchev–Trinajstić information content (AvgIpc) is 3.60. The zero-order chi connectivity index (χ0) is 34.4. The zero-order valence-corrected chi connectivity index (χ0v) is 28.4. The van der Waals surface area contributed by atoms with E-state index in [9.17, 15) is 0 Å². The number of furan rings is 1. The fraction of sp³-hybridized carbons (Fsp3) is 0. The first-order valence-corrected chi connectivity index (χ1v) is 17.8. The van der Waals surface area contributed by atoms with E-state index < -0.39 is 0 Å². The first kappa shape index (κ1) is 30.0. The van der Waals surface area contributed by atoms with E-state index in [2.05, 4.69) is 205 Å². The van der Waals surface area contributed by atoms with Gasteiger partial charge in [0, 0.05) is 32.9 Å². The topological polar surface area (TPSA) is 16.4 Å². The van der Waals surface area contributed by atoms with Crippen molar-refractivity contribution in [3.05, 3.63) is 200 Å². The predicted octanol–water partition coefficient (Wildman–Crippen LogP) is 14.4. The minimum absolute atomic E-state index is 0.892. The monoisotopic (exact) mass is 663 g/mol. The van der Waals surface area contributed by atoms with Crippen LogP contribution < -0.4 is 4.90 Å². The van der Waals surface area contributed by atoms with Gasteiger partial charge in [0.05, 0.1) is 5.69 Å². The summed E-state index contributed by atoms with van der Waals surface area (Å²) in [6.45, 7) is 0. The second-order valence-electron chi connectivity index (χ2n) is 13.3. The highest BCUT2D eigenvalue weighted by Crippen LogP contribution is 2.42. The molecule has 0 radical (unpaired) electrons. The third kappa shape index (κ3) is 5.12. The van der Waals surface area contributed by atoms with Gasteiger partial charge >= 0.3 is 0 Å². The molecule has 1 heterocycles. The van der Waals surface area contributed by atoms with Crippen molar-refractivity contribution in [2.75, 3.05) is 4.90 Å². The van der Waals surface area contributed by atoms with E-state index in [0.717, 1.165) is 55.5 Å². The molecule has 0 fully saturated rings. The van der Waals surface area contributed by atoms with Crippen molar-refractivity contribution in [3.63, 3.8) is 0 Å². The van der Waals surface area contributed by atoms with Crippen LogP contribution in [0.1, 0.15) is 0 Å². The molecule has 2 heteroatoms. The van der Waals surface area contributed by atoms with Crippen LogP contribution in [-0.2, 0) is 0 Å². The number of benzene rings is 9. The molecule has 0 atom stereocenters. The summed E-state index contributed by atoms with van der Waals surface area (Å²) in [6, 6.07) is 71.5. The highest BCUT2D eigenvalue weighted by molar-refractivity contribution is 6.19. The lowest BCUT2D eigenvalue weighted by Crippen LogP contribution is -2.10. The summed E-state index contributed by atoms with van der Waals surface area (Å²) in [7, 11) is 0. The van der Waals surface area contributed by atoms with E-state index in [-0.39, 0.29) is 0 Å². The molecule has 10 aromatic rings. The molecular formula is C50H33NO. The van der Waals surface area contributed by atoms with Crippen LogP contribution in [0.25, 0.3) is 76.9 Å². The van der Waals surface area contributed by atoms with Crippen molar-refractivity contribution >= 4 is 60.5 Å². The van der Waals surface area contributed by atoms with Crippen LogP contribution in [0.4, 0.5) is 17.1 Å². The molecule has 0 unspecified atom stereocenters. The molecule has 244 valence electrons. The SMILES string of the molecule is c1ccc(-c2ccc(N(c3ccc(-c4ccc5c(c4)oc4c6ccccc6c(-c6ccccc6)cc54)cc3)c3cccc4ccccc34)cc2)cc1. The maximum atomic E-state index is 6.67. The van der Waals surface area contributed by atoms with Crippen LogP contribution in [0.15, 0.2) is 205 Å². The first-order chi connectivity index (χ1) is 25.8. The summed E-state index contributed by atoms with van der Waals surface area (Å²) in [5.41, 5.74) is 12.3. The standard InChI is InChI=1S/C50H33NO/c1-3-12-34(13-4-1)35-22-27-40(28-23-35)51(48-21-11-17-37-16-7-8-18-42(37)48)41-29-24-36(25-30-41)39-26-31-44-47-33-46(38-14-5-2-6-15-38)43-19-9-10-20-45(43)50(47)52-49(44)32-39/h1-33H. The molecule has 0 N–H and O–H groups in total. The number of nitrogens with zero attached hydrogens (tertiary/aromatic N) is 1. The van der Waals surface area contributed by atoms with Crippen LogP contribution in [0.3, 0.4) is 0 Å². The molecule has 0 aliphatic heterocycles. The smallest absolute Gasteiger partial charge is 0.143 e. The van der Waals surface area contributed by atoms with Crippen molar-refractivity contribution in [2.24, 2.45) is 0 Å². The highest BCUT2D eigenvalue weighted by atomic mass is 16.3. The Bertz CT molecular complexity index is 2870. The minimum atomic E-state index is 0.892. The van der Waals surface area contributed by atoms with Gasteiger partial charge in [0.25, 0.3) is 0 Å². The summed E-state index contributed by atoms with van der Waals surface area (Å²) < 4.78 is 6.67. The van der Waals surface area contributed by atoms with Gasteiger partial charge in [-0.25, -0.2) is 0 Å². The first-order valence-electron chi connectivity index (χ1n) is 17.8. The van der Waals surface area contributed by atoms with E-state index in [0.29, 0.717) is 0 Å². The number of hydrogen-bond acceptors (Lipinski definition) is 2. The molecule has 52 heavy (non-hydrogen) atoms. The number of hydrogen-bond donors (Lipinski definition) is 0. The van der Waals surface area contributed by atoms with Crippen molar-refractivity contribution in [1.82, 2.24) is 0 Å².